The standard InChI is InChI=1S/C28H32IN6O9P/c1-5-13(2)18(24(37)38)34-45(40)44-20-15-9-7-6-8-14(15)10-11-16(20)42-12-17-21(36)28(3,39)25(43-17)35-22-19(31-26(35)29)23(41-4)33-27(30)32-22/h6-11,13,17-18,21,25,36,39H,5,12H2,1-4H3,(H,37,38)(H2,30,32,33)/t13?,17-,18?,21-,25-,28-/m1/s1. The van der Waals surface area contributed by atoms with Gasteiger partial charge in [-0.1, -0.05) is 55.3 Å². The largest absolute Gasteiger partial charge is 0.575 e. The highest BCUT2D eigenvalue weighted by Crippen LogP contribution is 2.44. The van der Waals surface area contributed by atoms with E-state index in [0.29, 0.717) is 21.2 Å². The molecule has 2 aromatic heterocycles. The van der Waals surface area contributed by atoms with Gasteiger partial charge < -0.3 is 40.2 Å². The molecule has 0 amide bonds. The number of imidazole rings is 1. The van der Waals surface area contributed by atoms with E-state index in [1.807, 2.05) is 41.6 Å². The van der Waals surface area contributed by atoms with Gasteiger partial charge in [0.1, 0.15) is 24.4 Å². The predicted molar refractivity (Wildman–Crippen MR) is 170 cm³/mol. The number of carboxylic acid groups (broad SMARTS) is 1. The molecule has 1 aliphatic heterocycles. The van der Waals surface area contributed by atoms with Crippen molar-refractivity contribution in [2.75, 3.05) is 19.5 Å². The third kappa shape index (κ3) is 6.35. The highest BCUT2D eigenvalue weighted by Gasteiger charge is 2.54. The summed E-state index contributed by atoms with van der Waals surface area (Å²) in [5.41, 5.74) is 4.57. The first-order chi connectivity index (χ1) is 21.4. The molecule has 0 aliphatic carbocycles. The fraction of sp³-hybridized carbons (Fsp3) is 0.429. The topological polar surface area (TPSA) is 220 Å². The van der Waals surface area contributed by atoms with Crippen molar-refractivity contribution in [1.29, 1.82) is 0 Å². The molecule has 0 saturated carbocycles. The van der Waals surface area contributed by atoms with Crippen LogP contribution in [0.2, 0.25) is 0 Å². The fourth-order valence-corrected chi connectivity index (χ4v) is 6.72. The number of aliphatic hydroxyl groups excluding tert-OH is 1. The predicted octanol–water partition coefficient (Wildman–Crippen LogP) is 3.00. The summed E-state index contributed by atoms with van der Waals surface area (Å²) in [5, 5.41) is 33.5. The highest BCUT2D eigenvalue weighted by molar-refractivity contribution is 14.1. The Morgan fingerprint density at radius 2 is 2.02 bits per heavy atom. The number of nitrogen functional groups attached to an aromatic ring is 1. The average Bonchev–Trinajstić information content (AvgIpc) is 3.44. The molecule has 17 heteroatoms. The molecule has 240 valence electrons. The van der Waals surface area contributed by atoms with Crippen LogP contribution in [0.3, 0.4) is 0 Å². The molecule has 7 atom stereocenters. The van der Waals surface area contributed by atoms with Gasteiger partial charge in [-0.3, -0.25) is 9.09 Å². The quantitative estimate of drug-likeness (QED) is 0.0985. The Morgan fingerprint density at radius 1 is 1.29 bits per heavy atom. The van der Waals surface area contributed by atoms with Crippen molar-refractivity contribution in [3.05, 3.63) is 40.2 Å². The van der Waals surface area contributed by atoms with Gasteiger partial charge in [0.05, 0.1) is 7.11 Å². The third-order valence-electron chi connectivity index (χ3n) is 7.74. The zero-order valence-electron chi connectivity index (χ0n) is 24.7. The molecule has 15 nitrogen and oxygen atoms in total. The molecule has 1 fully saturated rings. The number of carboxylic acids is 1. The lowest BCUT2D eigenvalue weighted by molar-refractivity contribution is -0.169. The van der Waals surface area contributed by atoms with Gasteiger partial charge >= 0.3 is 14.1 Å². The van der Waals surface area contributed by atoms with E-state index < -0.39 is 44.2 Å². The molecule has 3 heterocycles. The molecule has 45 heavy (non-hydrogen) atoms. The number of aromatic nitrogens is 4. The molecule has 3 unspecified atom stereocenters. The van der Waals surface area contributed by atoms with Crippen LogP contribution in [-0.2, 0) is 9.53 Å². The zero-order valence-corrected chi connectivity index (χ0v) is 27.7. The van der Waals surface area contributed by atoms with Crippen LogP contribution in [-0.4, -0.2) is 78.4 Å². The average molecular weight is 754 g/mol. The molecule has 1 saturated heterocycles. The summed E-state index contributed by atoms with van der Waals surface area (Å²) in [7, 11) is -1.40. The van der Waals surface area contributed by atoms with E-state index in [0.717, 1.165) is 5.39 Å². The monoisotopic (exact) mass is 754 g/mol. The second-order valence-corrected chi connectivity index (χ2v) is 12.6. The molecule has 0 radical (unpaired) electrons. The minimum absolute atomic E-state index is 0.0801. The van der Waals surface area contributed by atoms with Crippen LogP contribution in [0.4, 0.5) is 5.95 Å². The lowest BCUT2D eigenvalue weighted by Gasteiger charge is -2.27. The molecule has 0 bridgehead atoms. The molecule has 1 aliphatic rings. The van der Waals surface area contributed by atoms with E-state index in [9.17, 15) is 25.0 Å². The second-order valence-electron chi connectivity index (χ2n) is 10.7. The van der Waals surface area contributed by atoms with Crippen LogP contribution in [0.1, 0.15) is 33.4 Å². The normalized spacial score (nSPS) is 23.3. The van der Waals surface area contributed by atoms with E-state index in [4.69, 9.17) is 24.5 Å². The summed E-state index contributed by atoms with van der Waals surface area (Å²) in [6.07, 6.45) is -3.13. The number of ether oxygens (including phenoxy) is 3. The van der Waals surface area contributed by atoms with E-state index in [2.05, 4.69) is 19.7 Å². The van der Waals surface area contributed by atoms with Gasteiger partial charge in [0, 0.05) is 28.0 Å². The van der Waals surface area contributed by atoms with Gasteiger partial charge in [0.2, 0.25) is 17.6 Å². The Balaban J connectivity index is 1.44. The Kier molecular flexibility index (Phi) is 9.62. The summed E-state index contributed by atoms with van der Waals surface area (Å²) in [4.78, 5) is 37.5. The maximum absolute atomic E-state index is 13.0. The van der Waals surface area contributed by atoms with E-state index >= 15 is 0 Å². The van der Waals surface area contributed by atoms with Gasteiger partial charge in [-0.25, -0.2) is 9.78 Å². The number of hydrogen-bond donors (Lipinski definition) is 4. The third-order valence-corrected chi connectivity index (χ3v) is 9.27. The molecule has 5 rings (SSSR count). The Hall–Kier alpha value is -3.41. The van der Waals surface area contributed by atoms with E-state index in [-0.39, 0.29) is 41.5 Å². The van der Waals surface area contributed by atoms with Crippen molar-refractivity contribution in [3.63, 3.8) is 0 Å². The number of halogens is 1. The van der Waals surface area contributed by atoms with Crippen molar-refractivity contribution in [1.82, 2.24) is 19.5 Å². The number of aliphatic hydroxyl groups is 2. The summed E-state index contributed by atoms with van der Waals surface area (Å²) in [6, 6.07) is 9.28. The smallest absolute Gasteiger partial charge is 0.395 e. The SMILES string of the molecule is CCC(C)C(N=[P+]([O-])Oc1c(OC[C@H]2O[C@@H](n3c(I)nc4c(OC)nc(N)nc43)[C@](C)(O)[C@@H]2O)ccc2ccccc12)C(=O)O. The number of anilines is 1. The number of nitrogens with two attached hydrogens (primary N) is 1. The summed E-state index contributed by atoms with van der Waals surface area (Å²) < 4.78 is 29.0. The van der Waals surface area contributed by atoms with Gasteiger partial charge in [0.25, 0.3) is 0 Å². The number of methoxy groups -OCH3 is 1. The van der Waals surface area contributed by atoms with Crippen LogP contribution < -0.4 is 24.6 Å². The number of hydrogen-bond acceptors (Lipinski definition) is 13. The Labute approximate surface area is 272 Å². The van der Waals surface area contributed by atoms with Crippen molar-refractivity contribution in [2.24, 2.45) is 10.7 Å². The number of fused-ring (bicyclic) bond motifs is 2. The molecule has 5 N–H and O–H groups in total. The minimum Gasteiger partial charge on any atom is -0.575 e. The van der Waals surface area contributed by atoms with Crippen molar-refractivity contribution in [2.45, 2.75) is 57.3 Å². The molecule has 2 aromatic carbocycles. The van der Waals surface area contributed by atoms with Crippen molar-refractivity contribution in [3.8, 4) is 17.4 Å². The van der Waals surface area contributed by atoms with Crippen LogP contribution in [0.15, 0.2) is 41.1 Å². The summed E-state index contributed by atoms with van der Waals surface area (Å²) in [6.45, 7) is 4.68. The number of rotatable bonds is 11. The summed E-state index contributed by atoms with van der Waals surface area (Å²) >= 11 is 1.94. The maximum Gasteiger partial charge on any atom is 0.395 e. The highest BCUT2D eigenvalue weighted by atomic mass is 127. The van der Waals surface area contributed by atoms with Gasteiger partial charge in [-0.05, 0) is 24.3 Å². The number of aliphatic carboxylic acids is 1. The number of carbonyl (C=O) groups is 1. The first-order valence-electron chi connectivity index (χ1n) is 13.9. The van der Waals surface area contributed by atoms with Crippen LogP contribution in [0, 0.1) is 9.75 Å². The lowest BCUT2D eigenvalue weighted by atomic mass is 9.96. The first kappa shape index (κ1) is 33.0. The first-order valence-corrected chi connectivity index (χ1v) is 16.1. The Morgan fingerprint density at radius 3 is 2.71 bits per heavy atom. The van der Waals surface area contributed by atoms with Crippen LogP contribution >= 0.6 is 30.8 Å². The number of benzene rings is 2. The van der Waals surface area contributed by atoms with Crippen molar-refractivity contribution < 1.29 is 43.7 Å². The van der Waals surface area contributed by atoms with Gasteiger partial charge in [-0.2, -0.15) is 9.97 Å². The molecular formula is C28H32IN6O9P. The minimum atomic E-state index is -2.81. The van der Waals surface area contributed by atoms with E-state index in [1.54, 1.807) is 31.2 Å². The lowest BCUT2D eigenvalue weighted by Crippen LogP contribution is -2.45. The molecular weight excluding hydrogens is 722 g/mol. The van der Waals surface area contributed by atoms with Crippen molar-refractivity contribution >= 4 is 64.6 Å². The fourth-order valence-electron chi connectivity index (χ4n) is 5.08. The van der Waals surface area contributed by atoms with E-state index in [1.165, 1.54) is 18.6 Å². The number of nitrogens with zero attached hydrogens (tertiary/aromatic N) is 5. The Bertz CT molecular complexity index is 1770. The van der Waals surface area contributed by atoms with Gasteiger partial charge in [-0.15, -0.1) is 0 Å². The van der Waals surface area contributed by atoms with Gasteiger partial charge in [0.15, 0.2) is 33.0 Å². The molecule has 4 aromatic rings. The van der Waals surface area contributed by atoms with Crippen LogP contribution in [0.25, 0.3) is 21.9 Å². The maximum atomic E-state index is 13.0. The van der Waals surface area contributed by atoms with Crippen LogP contribution in [0.5, 0.6) is 17.4 Å². The molecule has 0 spiro atoms. The zero-order chi connectivity index (χ0) is 32.6. The summed E-state index contributed by atoms with van der Waals surface area (Å²) in [5.74, 6) is -1.28. The second kappa shape index (κ2) is 13.1.